The van der Waals surface area contributed by atoms with E-state index in [9.17, 15) is 49.6 Å². The molecule has 16 nitrogen and oxygen atoms in total. The minimum atomic E-state index is -0.658. The molecule has 0 spiro atoms. The summed E-state index contributed by atoms with van der Waals surface area (Å²) in [5, 5.41) is 46.5. The number of thiocarbonyl (C=S) groups is 2. The van der Waals surface area contributed by atoms with Crippen LogP contribution in [0.3, 0.4) is 0 Å². The van der Waals surface area contributed by atoms with Crippen molar-refractivity contribution in [1.82, 2.24) is 9.80 Å². The fraction of sp³-hybridized carbons (Fsp3) is 0.333. The third-order valence-electron chi connectivity index (χ3n) is 7.41. The number of phenols is 2. The molecule has 0 radical (unpaired) electrons. The molecule has 2 aromatic carbocycles. The van der Waals surface area contributed by atoms with E-state index in [0.717, 1.165) is 35.7 Å². The van der Waals surface area contributed by atoms with Gasteiger partial charge in [0, 0.05) is 38.1 Å². The lowest BCUT2D eigenvalue weighted by atomic mass is 10.1. The normalized spacial score (nSPS) is 15.9. The molecule has 2 saturated heterocycles. The minimum absolute atomic E-state index is 0.0638. The Labute approximate surface area is 303 Å². The van der Waals surface area contributed by atoms with Crippen molar-refractivity contribution in [3.63, 3.8) is 0 Å². The summed E-state index contributed by atoms with van der Waals surface area (Å²) in [4.78, 5) is 74.5. The zero-order valence-electron chi connectivity index (χ0n) is 26.1. The Morgan fingerprint density at radius 1 is 0.680 bits per heavy atom. The molecule has 0 bridgehead atoms. The van der Waals surface area contributed by atoms with E-state index in [0.29, 0.717) is 47.2 Å². The van der Waals surface area contributed by atoms with E-state index >= 15 is 0 Å². The van der Waals surface area contributed by atoms with Crippen LogP contribution in [0.4, 0.5) is 22.7 Å². The lowest BCUT2D eigenvalue weighted by Crippen LogP contribution is -2.31. The summed E-state index contributed by atoms with van der Waals surface area (Å²) in [5.74, 6) is -2.37. The molecule has 0 aliphatic carbocycles. The summed E-state index contributed by atoms with van der Waals surface area (Å²) in [5.41, 5.74) is -0.478. The first-order valence-electron chi connectivity index (χ1n) is 15.1. The average Bonchev–Trinajstić information content (AvgIpc) is 3.50. The number of hydrogen-bond donors (Lipinski definition) is 4. The van der Waals surface area contributed by atoms with Gasteiger partial charge in [-0.05, 0) is 37.8 Å². The standard InChI is InChI=1S/C30H30N6O10S4/c37-21-15-17(35(43)44)9-11-19(21)31-23(39)7-3-1-5-13-33-27(41)25(49-29(33)47)26-28(42)34(30(48)50-26)14-6-2-4-8-24(40)32-20-12-10-18(36(45)46)16-22(20)38/h9-12,15-16,37-38H,1-8,13-14H2,(H,31,39)(H,32,40)/b26-25+. The van der Waals surface area contributed by atoms with E-state index < -0.39 is 33.2 Å². The Morgan fingerprint density at radius 3 is 1.40 bits per heavy atom. The quantitative estimate of drug-likeness (QED) is 0.0411. The van der Waals surface area contributed by atoms with E-state index in [1.165, 1.54) is 34.1 Å². The van der Waals surface area contributed by atoms with Gasteiger partial charge in [0.25, 0.3) is 23.2 Å². The average molecular weight is 763 g/mol. The molecule has 2 fully saturated rings. The van der Waals surface area contributed by atoms with Crippen molar-refractivity contribution in [3.05, 3.63) is 66.4 Å². The number of unbranched alkanes of at least 4 members (excludes halogenated alkanes) is 4. The molecule has 4 N–H and O–H groups in total. The lowest BCUT2D eigenvalue weighted by molar-refractivity contribution is -0.385. The van der Waals surface area contributed by atoms with Crippen molar-refractivity contribution < 1.29 is 39.2 Å². The Balaban J connectivity index is 1.17. The van der Waals surface area contributed by atoms with E-state index in [2.05, 4.69) is 10.6 Å². The van der Waals surface area contributed by atoms with Crippen molar-refractivity contribution in [1.29, 1.82) is 0 Å². The molecule has 0 saturated carbocycles. The maximum absolute atomic E-state index is 13.2. The molecule has 2 aromatic rings. The predicted octanol–water partition coefficient (Wildman–Crippen LogP) is 5.54. The second-order valence-electron chi connectivity index (χ2n) is 10.9. The Kier molecular flexibility index (Phi) is 13.2. The molecule has 4 rings (SSSR count). The number of carbonyl (C=O) groups excluding carboxylic acids is 4. The Morgan fingerprint density at radius 2 is 1.06 bits per heavy atom. The minimum Gasteiger partial charge on any atom is -0.506 e. The molecule has 264 valence electrons. The maximum Gasteiger partial charge on any atom is 0.273 e. The molecule has 0 atom stereocenters. The summed E-state index contributed by atoms with van der Waals surface area (Å²) in [6.07, 6.45) is 3.41. The summed E-state index contributed by atoms with van der Waals surface area (Å²) in [7, 11) is 0. The molecule has 20 heteroatoms. The fourth-order valence-electron chi connectivity index (χ4n) is 4.82. The number of benzene rings is 2. The number of nitrogens with one attached hydrogen (secondary N) is 2. The van der Waals surface area contributed by atoms with Gasteiger partial charge in [-0.15, -0.1) is 0 Å². The highest BCUT2D eigenvalue weighted by Gasteiger charge is 2.41. The summed E-state index contributed by atoms with van der Waals surface area (Å²) in [6, 6.07) is 6.74. The highest BCUT2D eigenvalue weighted by atomic mass is 32.2. The van der Waals surface area contributed by atoms with Crippen LogP contribution in [0.1, 0.15) is 51.4 Å². The largest absolute Gasteiger partial charge is 0.506 e. The molecule has 0 aromatic heterocycles. The van der Waals surface area contributed by atoms with Crippen molar-refractivity contribution in [2.45, 2.75) is 51.4 Å². The number of thioether (sulfide) groups is 2. The van der Waals surface area contributed by atoms with Gasteiger partial charge in [0.2, 0.25) is 11.8 Å². The first-order chi connectivity index (χ1) is 23.8. The number of anilines is 2. The highest BCUT2D eigenvalue weighted by Crippen LogP contribution is 2.42. The van der Waals surface area contributed by atoms with Crippen molar-refractivity contribution in [2.75, 3.05) is 23.7 Å². The smallest absolute Gasteiger partial charge is 0.273 e. The molecule has 4 amide bonds. The van der Waals surface area contributed by atoms with Crippen LogP contribution in [0.5, 0.6) is 11.5 Å². The van der Waals surface area contributed by atoms with Crippen LogP contribution < -0.4 is 10.6 Å². The van der Waals surface area contributed by atoms with Gasteiger partial charge < -0.3 is 20.8 Å². The van der Waals surface area contributed by atoms with Gasteiger partial charge in [0.1, 0.15) is 20.1 Å². The first-order valence-corrected chi connectivity index (χ1v) is 17.6. The topological polar surface area (TPSA) is 226 Å². The zero-order valence-corrected chi connectivity index (χ0v) is 29.4. The monoisotopic (exact) mass is 762 g/mol. The third-order valence-corrected chi connectivity index (χ3v) is 10.4. The van der Waals surface area contributed by atoms with Crippen LogP contribution in [-0.2, 0) is 19.2 Å². The van der Waals surface area contributed by atoms with Gasteiger partial charge in [-0.2, -0.15) is 0 Å². The molecule has 2 heterocycles. The molecule has 2 aliphatic heterocycles. The van der Waals surface area contributed by atoms with E-state index in [1.54, 1.807) is 0 Å². The lowest BCUT2D eigenvalue weighted by Gasteiger charge is -2.14. The van der Waals surface area contributed by atoms with E-state index in [4.69, 9.17) is 24.4 Å². The summed E-state index contributed by atoms with van der Waals surface area (Å²) < 4.78 is 0.615. The fourth-order valence-corrected chi connectivity index (χ4v) is 7.60. The van der Waals surface area contributed by atoms with Gasteiger partial charge >= 0.3 is 0 Å². The van der Waals surface area contributed by atoms with Gasteiger partial charge in [0.05, 0.1) is 43.2 Å². The van der Waals surface area contributed by atoms with Crippen LogP contribution in [0.25, 0.3) is 0 Å². The summed E-state index contributed by atoms with van der Waals surface area (Å²) in [6.45, 7) is 0.577. The number of amides is 4. The highest BCUT2D eigenvalue weighted by molar-refractivity contribution is 8.29. The predicted molar refractivity (Wildman–Crippen MR) is 195 cm³/mol. The Bertz CT molecular complexity index is 1680. The van der Waals surface area contributed by atoms with E-state index in [-0.39, 0.29) is 70.3 Å². The van der Waals surface area contributed by atoms with E-state index in [1.807, 2.05) is 0 Å². The van der Waals surface area contributed by atoms with Crippen LogP contribution >= 0.6 is 48.0 Å². The maximum atomic E-state index is 13.2. The molecule has 2 aliphatic rings. The number of aromatic hydroxyl groups is 2. The number of nitro groups is 2. The second-order valence-corrected chi connectivity index (χ2v) is 14.2. The number of carbonyl (C=O) groups is 4. The number of non-ortho nitro benzene ring substituents is 2. The van der Waals surface area contributed by atoms with Gasteiger partial charge in [-0.25, -0.2) is 0 Å². The van der Waals surface area contributed by atoms with Crippen LogP contribution in [0.15, 0.2) is 46.2 Å². The Hall–Kier alpha value is -4.66. The number of rotatable bonds is 16. The number of hydrogen-bond acceptors (Lipinski definition) is 14. The second kappa shape index (κ2) is 17.3. The SMILES string of the molecule is O=C(CCCCCN1C(=O)/C(=C2\SC(=S)N(CCCCCC(=O)Nc3ccc([N+](=O)[O-])cc3O)C2=O)SC1=S)Nc1ccc([N+](=O)[O-])cc1O. The van der Waals surface area contributed by atoms with Crippen LogP contribution in [0, 0.1) is 20.2 Å². The number of nitro benzene ring substituents is 2. The number of phenolic OH excluding ortho intramolecular Hbond substituents is 2. The van der Waals surface area contributed by atoms with Crippen molar-refractivity contribution >= 4 is 103 Å². The third kappa shape index (κ3) is 9.73. The van der Waals surface area contributed by atoms with Crippen molar-refractivity contribution in [2.24, 2.45) is 0 Å². The van der Waals surface area contributed by atoms with Crippen LogP contribution in [-0.4, -0.2) is 75.2 Å². The van der Waals surface area contributed by atoms with Gasteiger partial charge in [-0.3, -0.25) is 49.2 Å². The number of nitrogens with zero attached hydrogens (tertiary/aromatic N) is 4. The molecular formula is C30H30N6O10S4. The van der Waals surface area contributed by atoms with Crippen LogP contribution in [0.2, 0.25) is 0 Å². The molecule has 50 heavy (non-hydrogen) atoms. The van der Waals surface area contributed by atoms with Gasteiger partial charge in [0.15, 0.2) is 0 Å². The molecule has 0 unspecified atom stereocenters. The van der Waals surface area contributed by atoms with Gasteiger partial charge in [-0.1, -0.05) is 60.8 Å². The first kappa shape index (κ1) is 38.1. The summed E-state index contributed by atoms with van der Waals surface area (Å²) >= 11 is 12.9. The van der Waals surface area contributed by atoms with Crippen molar-refractivity contribution in [3.8, 4) is 11.5 Å². The zero-order chi connectivity index (χ0) is 36.5. The molecular weight excluding hydrogens is 733 g/mol.